The highest BCUT2D eigenvalue weighted by Crippen LogP contribution is 2.27. The highest BCUT2D eigenvalue weighted by Gasteiger charge is 2.23. The van der Waals surface area contributed by atoms with Crippen molar-refractivity contribution in [1.29, 1.82) is 0 Å². The van der Waals surface area contributed by atoms with Gasteiger partial charge in [-0.05, 0) is 43.2 Å². The summed E-state index contributed by atoms with van der Waals surface area (Å²) in [6.45, 7) is 0. The zero-order valence-corrected chi connectivity index (χ0v) is 14.3. The van der Waals surface area contributed by atoms with Crippen LogP contribution >= 0.6 is 11.6 Å². The summed E-state index contributed by atoms with van der Waals surface area (Å²) in [5.74, 6) is -0.00262. The molecule has 1 fully saturated rings. The molecule has 1 heterocycles. The largest absolute Gasteiger partial charge is 0.465 e. The number of halogens is 1. The number of hydrogen-bond acceptors (Lipinski definition) is 5. The van der Waals surface area contributed by atoms with Crippen molar-refractivity contribution < 1.29 is 14.3 Å². The van der Waals surface area contributed by atoms with Gasteiger partial charge in [-0.15, -0.1) is 0 Å². The summed E-state index contributed by atoms with van der Waals surface area (Å²) in [5, 5.41) is 9.03. The van der Waals surface area contributed by atoms with E-state index in [9.17, 15) is 9.59 Å². The third-order valence-corrected chi connectivity index (χ3v) is 3.91. The lowest BCUT2D eigenvalue weighted by atomic mass is 10.2. The average molecular weight is 361 g/mol. The van der Waals surface area contributed by atoms with E-state index >= 15 is 0 Å². The summed E-state index contributed by atoms with van der Waals surface area (Å²) in [5.41, 5.74) is 1.60. The van der Waals surface area contributed by atoms with Crippen LogP contribution in [0, 0.1) is 0 Å². The van der Waals surface area contributed by atoms with Gasteiger partial charge < -0.3 is 15.4 Å². The number of ether oxygens (including phenoxy) is 1. The van der Waals surface area contributed by atoms with Crippen molar-refractivity contribution >= 4 is 40.8 Å². The van der Waals surface area contributed by atoms with E-state index in [0.29, 0.717) is 27.8 Å². The molecule has 0 atom stereocenters. The lowest BCUT2D eigenvalue weighted by Gasteiger charge is -2.11. The Morgan fingerprint density at radius 3 is 2.68 bits per heavy atom. The lowest BCUT2D eigenvalue weighted by molar-refractivity contribution is 0.0601. The smallest absolute Gasteiger partial charge is 0.337 e. The van der Waals surface area contributed by atoms with Crippen LogP contribution in [-0.2, 0) is 4.74 Å². The second-order valence-electron chi connectivity index (χ2n) is 5.62. The van der Waals surface area contributed by atoms with Gasteiger partial charge in [0.2, 0.25) is 0 Å². The van der Waals surface area contributed by atoms with Gasteiger partial charge in [0, 0.05) is 6.04 Å². The Kier molecular flexibility index (Phi) is 5.04. The molecule has 8 heteroatoms. The molecular weight excluding hydrogens is 344 g/mol. The van der Waals surface area contributed by atoms with Gasteiger partial charge in [-0.3, -0.25) is 5.32 Å². The Labute approximate surface area is 149 Å². The number of amides is 2. The maximum Gasteiger partial charge on any atom is 0.337 e. The molecule has 7 nitrogen and oxygen atoms in total. The number of urea groups is 1. The molecule has 0 bridgehead atoms. The number of carbonyl (C=O) groups is 2. The topological polar surface area (TPSA) is 92.4 Å². The molecule has 0 radical (unpaired) electrons. The van der Waals surface area contributed by atoms with E-state index in [4.69, 9.17) is 16.3 Å². The van der Waals surface area contributed by atoms with Crippen molar-refractivity contribution in [1.82, 2.24) is 10.3 Å². The molecule has 0 aliphatic heterocycles. The number of hydrogen-bond donors (Lipinski definition) is 3. The molecule has 2 amide bonds. The maximum absolute atomic E-state index is 11.7. The highest BCUT2D eigenvalue weighted by atomic mass is 35.5. The number of esters is 1. The molecule has 1 saturated carbocycles. The third kappa shape index (κ3) is 4.60. The number of rotatable bonds is 5. The van der Waals surface area contributed by atoms with E-state index in [1.165, 1.54) is 7.11 Å². The van der Waals surface area contributed by atoms with Crippen molar-refractivity contribution in [2.45, 2.75) is 18.9 Å². The number of carbonyl (C=O) groups excluding carboxylic acids is 2. The number of aromatic nitrogens is 1. The predicted molar refractivity (Wildman–Crippen MR) is 95.5 cm³/mol. The lowest BCUT2D eigenvalue weighted by Crippen LogP contribution is -2.30. The van der Waals surface area contributed by atoms with E-state index in [1.54, 1.807) is 36.5 Å². The SMILES string of the molecule is COC(=O)c1ccc(Cl)c(Nc2ccc(NC(=O)NC3CC3)nc2)c1. The second kappa shape index (κ2) is 7.40. The van der Waals surface area contributed by atoms with E-state index < -0.39 is 5.97 Å². The molecular formula is C17H17ClN4O3. The zero-order valence-electron chi connectivity index (χ0n) is 13.5. The quantitative estimate of drug-likeness (QED) is 0.709. The van der Waals surface area contributed by atoms with E-state index in [-0.39, 0.29) is 12.1 Å². The summed E-state index contributed by atoms with van der Waals surface area (Å²) in [6.07, 6.45) is 3.61. The molecule has 0 spiro atoms. The molecule has 3 N–H and O–H groups in total. The van der Waals surface area contributed by atoms with Gasteiger partial charge in [-0.25, -0.2) is 14.6 Å². The van der Waals surface area contributed by atoms with Gasteiger partial charge >= 0.3 is 12.0 Å². The minimum absolute atomic E-state index is 0.260. The minimum Gasteiger partial charge on any atom is -0.465 e. The van der Waals surface area contributed by atoms with Crippen LogP contribution in [0.2, 0.25) is 5.02 Å². The minimum atomic E-state index is -0.445. The Hall–Kier alpha value is -2.80. The molecule has 25 heavy (non-hydrogen) atoms. The zero-order chi connectivity index (χ0) is 17.8. The number of pyridine rings is 1. The Balaban J connectivity index is 1.66. The normalized spacial score (nSPS) is 13.0. The van der Waals surface area contributed by atoms with Crippen molar-refractivity contribution in [3.05, 3.63) is 47.1 Å². The fourth-order valence-corrected chi connectivity index (χ4v) is 2.29. The first-order chi connectivity index (χ1) is 12.0. The van der Waals surface area contributed by atoms with Crippen LogP contribution < -0.4 is 16.0 Å². The van der Waals surface area contributed by atoms with Crippen LogP contribution in [0.4, 0.5) is 22.0 Å². The van der Waals surface area contributed by atoms with Gasteiger partial charge in [0.1, 0.15) is 5.82 Å². The van der Waals surface area contributed by atoms with Crippen LogP contribution in [0.3, 0.4) is 0 Å². The fourth-order valence-electron chi connectivity index (χ4n) is 2.13. The molecule has 1 aromatic heterocycles. The van der Waals surface area contributed by atoms with Gasteiger partial charge in [0.25, 0.3) is 0 Å². The molecule has 130 valence electrons. The number of anilines is 3. The van der Waals surface area contributed by atoms with Crippen molar-refractivity contribution in [3.63, 3.8) is 0 Å². The summed E-state index contributed by atoms with van der Waals surface area (Å²) in [4.78, 5) is 27.5. The van der Waals surface area contributed by atoms with Gasteiger partial charge in [0.05, 0.1) is 35.3 Å². The fraction of sp³-hybridized carbons (Fsp3) is 0.235. The Bertz CT molecular complexity index is 791. The molecule has 0 saturated heterocycles. The number of nitrogens with one attached hydrogen (secondary N) is 3. The Morgan fingerprint density at radius 1 is 1.24 bits per heavy atom. The first kappa shape index (κ1) is 17.0. The number of benzene rings is 1. The van der Waals surface area contributed by atoms with Crippen LogP contribution in [-0.4, -0.2) is 30.1 Å². The maximum atomic E-state index is 11.7. The van der Waals surface area contributed by atoms with Crippen molar-refractivity contribution in [3.8, 4) is 0 Å². The van der Waals surface area contributed by atoms with Gasteiger partial charge in [0.15, 0.2) is 0 Å². The summed E-state index contributed by atoms with van der Waals surface area (Å²) < 4.78 is 4.70. The van der Waals surface area contributed by atoms with E-state index in [0.717, 1.165) is 12.8 Å². The molecule has 1 aliphatic rings. The van der Waals surface area contributed by atoms with Crippen LogP contribution in [0.5, 0.6) is 0 Å². The first-order valence-electron chi connectivity index (χ1n) is 7.73. The summed E-state index contributed by atoms with van der Waals surface area (Å²) in [6, 6.07) is 8.25. The highest BCUT2D eigenvalue weighted by molar-refractivity contribution is 6.33. The molecule has 3 rings (SSSR count). The van der Waals surface area contributed by atoms with E-state index in [2.05, 4.69) is 20.9 Å². The van der Waals surface area contributed by atoms with Crippen molar-refractivity contribution in [2.75, 3.05) is 17.7 Å². The average Bonchev–Trinajstić information content (AvgIpc) is 3.41. The van der Waals surface area contributed by atoms with Gasteiger partial charge in [-0.2, -0.15) is 0 Å². The standard InChI is InChI=1S/C17H17ClN4O3/c1-25-16(23)10-2-6-13(18)14(8-10)20-12-5-7-15(19-9-12)22-17(24)21-11-3-4-11/h2,5-9,11,20H,3-4H2,1H3,(H2,19,21,22,24). The molecule has 1 aromatic carbocycles. The molecule has 1 aliphatic carbocycles. The van der Waals surface area contributed by atoms with Crippen LogP contribution in [0.25, 0.3) is 0 Å². The molecule has 0 unspecified atom stereocenters. The van der Waals surface area contributed by atoms with Crippen LogP contribution in [0.15, 0.2) is 36.5 Å². The van der Waals surface area contributed by atoms with Crippen LogP contribution in [0.1, 0.15) is 23.2 Å². The molecule has 2 aromatic rings. The third-order valence-electron chi connectivity index (χ3n) is 3.58. The van der Waals surface area contributed by atoms with Gasteiger partial charge in [-0.1, -0.05) is 11.6 Å². The summed E-state index contributed by atoms with van der Waals surface area (Å²) >= 11 is 6.15. The number of methoxy groups -OCH3 is 1. The Morgan fingerprint density at radius 2 is 2.04 bits per heavy atom. The monoisotopic (exact) mass is 360 g/mol. The van der Waals surface area contributed by atoms with Crippen molar-refractivity contribution in [2.24, 2.45) is 0 Å². The van der Waals surface area contributed by atoms with E-state index in [1.807, 2.05) is 0 Å². The predicted octanol–water partition coefficient (Wildman–Crippen LogP) is 3.55. The first-order valence-corrected chi connectivity index (χ1v) is 8.11. The number of nitrogens with zero attached hydrogens (tertiary/aromatic N) is 1. The summed E-state index contributed by atoms with van der Waals surface area (Å²) in [7, 11) is 1.32. The second-order valence-corrected chi connectivity index (χ2v) is 6.02.